The van der Waals surface area contributed by atoms with Crippen molar-refractivity contribution in [3.05, 3.63) is 0 Å². The second-order valence-electron chi connectivity index (χ2n) is 5.68. The molecule has 0 aromatic rings. The minimum absolute atomic E-state index is 0.0187. The summed E-state index contributed by atoms with van der Waals surface area (Å²) in [6.07, 6.45) is 0. The standard InChI is InChI=1S/C13H25N3O4/c1-9(2)10(7-15(3)4)14-13(19)16-5-6-20-8-11(16)12(17)18/h9-11H,5-8H2,1-4H3,(H,14,19)(H,17,18). The lowest BCUT2D eigenvalue weighted by atomic mass is 10.0. The van der Waals surface area contributed by atoms with Crippen LogP contribution in [-0.2, 0) is 9.53 Å². The molecule has 0 saturated carbocycles. The van der Waals surface area contributed by atoms with Crippen LogP contribution in [0.1, 0.15) is 13.8 Å². The summed E-state index contributed by atoms with van der Waals surface area (Å²) in [5, 5.41) is 12.1. The second-order valence-corrected chi connectivity index (χ2v) is 5.68. The number of hydrogen-bond donors (Lipinski definition) is 2. The van der Waals surface area contributed by atoms with Crippen molar-refractivity contribution < 1.29 is 19.4 Å². The zero-order valence-corrected chi connectivity index (χ0v) is 12.6. The Morgan fingerprint density at radius 2 is 2.10 bits per heavy atom. The molecule has 1 heterocycles. The number of carbonyl (C=O) groups excluding carboxylic acids is 1. The highest BCUT2D eigenvalue weighted by Crippen LogP contribution is 2.10. The van der Waals surface area contributed by atoms with E-state index >= 15 is 0 Å². The molecular formula is C13H25N3O4. The molecule has 2 N–H and O–H groups in total. The van der Waals surface area contributed by atoms with Crippen LogP contribution in [0, 0.1) is 5.92 Å². The van der Waals surface area contributed by atoms with Crippen LogP contribution in [0.25, 0.3) is 0 Å². The van der Waals surface area contributed by atoms with Gasteiger partial charge in [-0.25, -0.2) is 9.59 Å². The number of carboxylic acid groups (broad SMARTS) is 1. The predicted molar refractivity (Wildman–Crippen MR) is 74.7 cm³/mol. The Morgan fingerprint density at radius 3 is 2.60 bits per heavy atom. The average molecular weight is 287 g/mol. The Bertz CT molecular complexity index is 347. The second kappa shape index (κ2) is 7.44. The molecular weight excluding hydrogens is 262 g/mol. The number of urea groups is 1. The van der Waals surface area contributed by atoms with Gasteiger partial charge in [-0.15, -0.1) is 0 Å². The number of carbonyl (C=O) groups is 2. The number of amides is 2. The van der Waals surface area contributed by atoms with E-state index in [9.17, 15) is 9.59 Å². The fourth-order valence-corrected chi connectivity index (χ4v) is 2.11. The molecule has 7 heteroatoms. The number of nitrogens with one attached hydrogen (secondary N) is 1. The third kappa shape index (κ3) is 4.64. The average Bonchev–Trinajstić information content (AvgIpc) is 2.37. The van der Waals surface area contributed by atoms with Gasteiger partial charge in [-0.3, -0.25) is 0 Å². The molecule has 0 aromatic heterocycles. The quantitative estimate of drug-likeness (QED) is 0.747. The molecule has 20 heavy (non-hydrogen) atoms. The summed E-state index contributed by atoms with van der Waals surface area (Å²) in [5.74, 6) is -0.765. The SMILES string of the molecule is CC(C)C(CN(C)C)NC(=O)N1CCOCC1C(=O)O. The van der Waals surface area contributed by atoms with Crippen LogP contribution < -0.4 is 5.32 Å². The summed E-state index contributed by atoms with van der Waals surface area (Å²) in [6.45, 7) is 5.49. The van der Waals surface area contributed by atoms with Crippen LogP contribution in [0.15, 0.2) is 0 Å². The lowest BCUT2D eigenvalue weighted by Crippen LogP contribution is -2.58. The van der Waals surface area contributed by atoms with E-state index in [1.165, 1.54) is 4.90 Å². The predicted octanol–water partition coefficient (Wildman–Crippen LogP) is 0.0676. The van der Waals surface area contributed by atoms with Gasteiger partial charge in [-0.05, 0) is 20.0 Å². The van der Waals surface area contributed by atoms with E-state index in [1.807, 2.05) is 32.8 Å². The lowest BCUT2D eigenvalue weighted by Gasteiger charge is -2.35. The third-order valence-corrected chi connectivity index (χ3v) is 3.35. The van der Waals surface area contributed by atoms with Gasteiger partial charge >= 0.3 is 12.0 Å². The molecule has 2 atom stereocenters. The van der Waals surface area contributed by atoms with Gasteiger partial charge in [0.25, 0.3) is 0 Å². The van der Waals surface area contributed by atoms with E-state index in [2.05, 4.69) is 5.32 Å². The molecule has 116 valence electrons. The first-order valence-electron chi connectivity index (χ1n) is 6.85. The molecule has 7 nitrogen and oxygen atoms in total. The first-order chi connectivity index (χ1) is 9.32. The number of aliphatic carboxylic acids is 1. The van der Waals surface area contributed by atoms with Crippen LogP contribution in [0.3, 0.4) is 0 Å². The minimum atomic E-state index is -1.03. The zero-order valence-electron chi connectivity index (χ0n) is 12.6. The van der Waals surface area contributed by atoms with Gasteiger partial charge in [0.2, 0.25) is 0 Å². The van der Waals surface area contributed by atoms with E-state index in [-0.39, 0.29) is 24.6 Å². The number of carboxylic acids is 1. The van der Waals surface area contributed by atoms with Gasteiger partial charge < -0.3 is 25.0 Å². The number of hydrogen-bond acceptors (Lipinski definition) is 4. The Hall–Kier alpha value is -1.34. The molecule has 2 amide bonds. The lowest BCUT2D eigenvalue weighted by molar-refractivity contribution is -0.147. The Morgan fingerprint density at radius 1 is 1.45 bits per heavy atom. The normalized spacial score (nSPS) is 21.1. The Balaban J connectivity index is 2.68. The molecule has 2 unspecified atom stereocenters. The highest BCUT2D eigenvalue weighted by Gasteiger charge is 2.33. The maximum Gasteiger partial charge on any atom is 0.328 e. The van der Waals surface area contributed by atoms with Crippen molar-refractivity contribution in [1.29, 1.82) is 0 Å². The van der Waals surface area contributed by atoms with Crippen LogP contribution in [0.2, 0.25) is 0 Å². The summed E-state index contributed by atoms with van der Waals surface area (Å²) in [5.41, 5.74) is 0. The number of morpholine rings is 1. The van der Waals surface area contributed by atoms with Crippen LogP contribution in [0.5, 0.6) is 0 Å². The largest absolute Gasteiger partial charge is 0.480 e. The first kappa shape index (κ1) is 16.7. The van der Waals surface area contributed by atoms with Crippen molar-refractivity contribution in [2.24, 2.45) is 5.92 Å². The molecule has 0 aliphatic carbocycles. The Labute approximate surface area is 119 Å². The number of nitrogens with zero attached hydrogens (tertiary/aromatic N) is 2. The molecule has 1 aliphatic rings. The summed E-state index contributed by atoms with van der Waals surface area (Å²) < 4.78 is 5.13. The first-order valence-corrected chi connectivity index (χ1v) is 6.85. The Kier molecular flexibility index (Phi) is 6.22. The van der Waals surface area contributed by atoms with E-state index in [4.69, 9.17) is 9.84 Å². The topological polar surface area (TPSA) is 82.1 Å². The monoisotopic (exact) mass is 287 g/mol. The highest BCUT2D eigenvalue weighted by atomic mass is 16.5. The third-order valence-electron chi connectivity index (χ3n) is 3.35. The van der Waals surface area contributed by atoms with Gasteiger partial charge in [0.05, 0.1) is 13.2 Å². The molecule has 0 bridgehead atoms. The summed E-state index contributed by atoms with van der Waals surface area (Å²) in [7, 11) is 3.88. The highest BCUT2D eigenvalue weighted by molar-refractivity contribution is 5.83. The smallest absolute Gasteiger partial charge is 0.328 e. The maximum absolute atomic E-state index is 12.3. The van der Waals surface area contributed by atoms with Crippen molar-refractivity contribution in [1.82, 2.24) is 15.1 Å². The van der Waals surface area contributed by atoms with Crippen LogP contribution in [0.4, 0.5) is 4.79 Å². The van der Waals surface area contributed by atoms with Crippen molar-refractivity contribution in [2.75, 3.05) is 40.4 Å². The summed E-state index contributed by atoms with van der Waals surface area (Å²) >= 11 is 0. The van der Waals surface area contributed by atoms with Crippen molar-refractivity contribution in [3.63, 3.8) is 0 Å². The van der Waals surface area contributed by atoms with E-state index in [0.29, 0.717) is 19.7 Å². The van der Waals surface area contributed by atoms with Crippen molar-refractivity contribution in [3.8, 4) is 0 Å². The van der Waals surface area contributed by atoms with E-state index in [0.717, 1.165) is 0 Å². The minimum Gasteiger partial charge on any atom is -0.480 e. The van der Waals surface area contributed by atoms with Gasteiger partial charge in [0.1, 0.15) is 0 Å². The van der Waals surface area contributed by atoms with Crippen molar-refractivity contribution in [2.45, 2.75) is 25.9 Å². The zero-order chi connectivity index (χ0) is 15.3. The van der Waals surface area contributed by atoms with Gasteiger partial charge in [-0.2, -0.15) is 0 Å². The summed E-state index contributed by atoms with van der Waals surface area (Å²) in [6, 6.07) is -1.26. The molecule has 0 aromatic carbocycles. The summed E-state index contributed by atoms with van der Waals surface area (Å²) in [4.78, 5) is 26.8. The van der Waals surface area contributed by atoms with Crippen LogP contribution in [-0.4, -0.2) is 79.4 Å². The molecule has 0 radical (unpaired) electrons. The molecule has 0 spiro atoms. The van der Waals surface area contributed by atoms with Crippen molar-refractivity contribution >= 4 is 12.0 Å². The van der Waals surface area contributed by atoms with E-state index < -0.39 is 12.0 Å². The van der Waals surface area contributed by atoms with Gasteiger partial charge in [0.15, 0.2) is 6.04 Å². The molecule has 1 fully saturated rings. The number of ether oxygens (including phenoxy) is 1. The van der Waals surface area contributed by atoms with E-state index in [1.54, 1.807) is 0 Å². The molecule has 1 aliphatic heterocycles. The van der Waals surface area contributed by atoms with Crippen LogP contribution >= 0.6 is 0 Å². The fraction of sp³-hybridized carbons (Fsp3) is 0.846. The molecule has 1 rings (SSSR count). The number of likely N-dealkylation sites (N-methyl/N-ethyl adjacent to an activating group) is 1. The van der Waals surface area contributed by atoms with Gasteiger partial charge in [0, 0.05) is 19.1 Å². The maximum atomic E-state index is 12.3. The number of rotatable bonds is 5. The van der Waals surface area contributed by atoms with Gasteiger partial charge in [-0.1, -0.05) is 13.8 Å². The fourth-order valence-electron chi connectivity index (χ4n) is 2.11. The molecule has 1 saturated heterocycles.